The Morgan fingerprint density at radius 3 is 2.61 bits per heavy atom. The highest BCUT2D eigenvalue weighted by molar-refractivity contribution is 5.95. The molecule has 2 aliphatic rings. The fourth-order valence-electron chi connectivity index (χ4n) is 3.89. The molecule has 170 valence electrons. The van der Waals surface area contributed by atoms with Gasteiger partial charge in [-0.1, -0.05) is 0 Å². The van der Waals surface area contributed by atoms with Crippen molar-refractivity contribution in [3.8, 4) is 0 Å². The number of anilines is 1. The second kappa shape index (κ2) is 9.68. The number of carbonyl (C=O) groups excluding carboxylic acids is 2. The van der Waals surface area contributed by atoms with E-state index in [2.05, 4.69) is 5.32 Å². The number of halogens is 1. The fraction of sp³-hybridized carbons (Fsp3) is 0.565. The van der Waals surface area contributed by atoms with Crippen LogP contribution in [0.25, 0.3) is 0 Å². The number of fused-ring (bicyclic) bond motifs is 1. The van der Waals surface area contributed by atoms with E-state index in [1.54, 1.807) is 25.7 Å². The molecule has 1 aromatic rings. The summed E-state index contributed by atoms with van der Waals surface area (Å²) in [6.45, 7) is 7.57. The third kappa shape index (κ3) is 6.19. The van der Waals surface area contributed by atoms with Crippen LogP contribution in [0.3, 0.4) is 0 Å². The topological polar surface area (TPSA) is 82.1 Å². The standard InChI is InChI=1S/C23H32FN3O4/c1-23(2,3)31-22(30)25-14-16(13-24)15-27-9-6-17-12-18(4-5-20(17)27)21(29)26-10-7-19(28)8-11-26/h4-5,12-13,19,28H,6-11,14-15H2,1-3H3,(H,25,30)/b16-13+. The molecule has 0 aromatic heterocycles. The van der Waals surface area contributed by atoms with Gasteiger partial charge in [-0.15, -0.1) is 0 Å². The molecule has 2 aliphatic heterocycles. The zero-order valence-electron chi connectivity index (χ0n) is 18.5. The van der Waals surface area contributed by atoms with Crippen molar-refractivity contribution < 1.29 is 23.8 Å². The van der Waals surface area contributed by atoms with Crippen molar-refractivity contribution in [3.63, 3.8) is 0 Å². The van der Waals surface area contributed by atoms with Crippen molar-refractivity contribution in [1.82, 2.24) is 10.2 Å². The lowest BCUT2D eigenvalue weighted by atomic mass is 10.0. The molecule has 7 nitrogen and oxygen atoms in total. The predicted octanol–water partition coefficient (Wildman–Crippen LogP) is 3.02. The second-order valence-electron chi connectivity index (χ2n) is 9.16. The maximum atomic E-state index is 13.4. The summed E-state index contributed by atoms with van der Waals surface area (Å²) >= 11 is 0. The van der Waals surface area contributed by atoms with Gasteiger partial charge in [0.25, 0.3) is 5.91 Å². The number of hydrogen-bond acceptors (Lipinski definition) is 5. The Kier molecular flexibility index (Phi) is 7.20. The summed E-state index contributed by atoms with van der Waals surface area (Å²) in [5.41, 5.74) is 2.50. The Hall–Kier alpha value is -2.61. The van der Waals surface area contributed by atoms with E-state index in [1.165, 1.54) is 0 Å². The molecule has 1 fully saturated rings. The lowest BCUT2D eigenvalue weighted by Gasteiger charge is -2.29. The maximum Gasteiger partial charge on any atom is 0.407 e. The normalized spacial score (nSPS) is 17.5. The average Bonchev–Trinajstić information content (AvgIpc) is 3.11. The molecule has 2 N–H and O–H groups in total. The van der Waals surface area contributed by atoms with E-state index in [1.807, 2.05) is 23.1 Å². The number of nitrogens with zero attached hydrogens (tertiary/aromatic N) is 2. The third-order valence-electron chi connectivity index (χ3n) is 5.48. The average molecular weight is 434 g/mol. The minimum Gasteiger partial charge on any atom is -0.444 e. The first-order valence-corrected chi connectivity index (χ1v) is 10.8. The van der Waals surface area contributed by atoms with E-state index < -0.39 is 11.7 Å². The molecule has 0 atom stereocenters. The second-order valence-corrected chi connectivity index (χ2v) is 9.16. The SMILES string of the molecule is CC(C)(C)OC(=O)NC/C(=C\F)CN1CCc2cc(C(=O)N3CCC(O)CC3)ccc21. The van der Waals surface area contributed by atoms with Crippen molar-refractivity contribution in [2.75, 3.05) is 37.6 Å². The van der Waals surface area contributed by atoms with Crippen LogP contribution in [0.5, 0.6) is 0 Å². The molecular weight excluding hydrogens is 401 g/mol. The molecule has 1 saturated heterocycles. The first-order chi connectivity index (χ1) is 14.7. The number of amides is 2. The summed E-state index contributed by atoms with van der Waals surface area (Å²) in [7, 11) is 0. The smallest absolute Gasteiger partial charge is 0.407 e. The van der Waals surface area contributed by atoms with Crippen LogP contribution < -0.4 is 10.2 Å². The molecule has 0 bridgehead atoms. The molecule has 0 spiro atoms. The van der Waals surface area contributed by atoms with E-state index in [0.717, 1.165) is 17.7 Å². The Labute approximate surface area is 182 Å². The van der Waals surface area contributed by atoms with Gasteiger partial charge in [0, 0.05) is 44.0 Å². The van der Waals surface area contributed by atoms with Crippen LogP contribution in [0.15, 0.2) is 30.1 Å². The van der Waals surface area contributed by atoms with E-state index in [4.69, 9.17) is 4.74 Å². The van der Waals surface area contributed by atoms with Crippen LogP contribution >= 0.6 is 0 Å². The zero-order valence-corrected chi connectivity index (χ0v) is 18.5. The van der Waals surface area contributed by atoms with Gasteiger partial charge in [0.05, 0.1) is 12.4 Å². The van der Waals surface area contributed by atoms with Gasteiger partial charge in [-0.3, -0.25) is 4.79 Å². The minimum atomic E-state index is -0.610. The van der Waals surface area contributed by atoms with Crippen molar-refractivity contribution in [1.29, 1.82) is 0 Å². The van der Waals surface area contributed by atoms with Gasteiger partial charge in [-0.2, -0.15) is 0 Å². The number of piperidine rings is 1. The van der Waals surface area contributed by atoms with Crippen LogP contribution in [0, 0.1) is 0 Å². The number of likely N-dealkylation sites (tertiary alicyclic amines) is 1. The van der Waals surface area contributed by atoms with Gasteiger partial charge in [0.15, 0.2) is 0 Å². The lowest BCUT2D eigenvalue weighted by molar-refractivity contribution is 0.0527. The number of hydrogen-bond donors (Lipinski definition) is 2. The molecule has 2 heterocycles. The lowest BCUT2D eigenvalue weighted by Crippen LogP contribution is -2.40. The number of nitrogens with one attached hydrogen (secondary N) is 1. The summed E-state index contributed by atoms with van der Waals surface area (Å²) in [5.74, 6) is -0.0148. The first kappa shape index (κ1) is 23.1. The van der Waals surface area contributed by atoms with Crippen molar-refractivity contribution in [2.45, 2.75) is 51.7 Å². The Bertz CT molecular complexity index is 842. The quantitative estimate of drug-likeness (QED) is 0.746. The molecular formula is C23H32FN3O4. The van der Waals surface area contributed by atoms with Crippen LogP contribution in [0.2, 0.25) is 0 Å². The predicted molar refractivity (Wildman–Crippen MR) is 117 cm³/mol. The van der Waals surface area contributed by atoms with Crippen molar-refractivity contribution >= 4 is 17.7 Å². The minimum absolute atomic E-state index is 0.0148. The van der Waals surface area contributed by atoms with Gasteiger partial charge in [0.1, 0.15) is 5.60 Å². The van der Waals surface area contributed by atoms with Gasteiger partial charge in [-0.25, -0.2) is 9.18 Å². The van der Waals surface area contributed by atoms with Gasteiger partial charge < -0.3 is 25.0 Å². The summed E-state index contributed by atoms with van der Waals surface area (Å²) in [4.78, 5) is 28.4. The Morgan fingerprint density at radius 1 is 1.26 bits per heavy atom. The molecule has 0 aliphatic carbocycles. The maximum absolute atomic E-state index is 13.4. The van der Waals surface area contributed by atoms with E-state index in [-0.39, 0.29) is 18.6 Å². The van der Waals surface area contributed by atoms with E-state index >= 15 is 0 Å². The summed E-state index contributed by atoms with van der Waals surface area (Å²) in [6, 6.07) is 5.63. The summed E-state index contributed by atoms with van der Waals surface area (Å²) in [6.07, 6.45) is 1.62. The number of aliphatic hydroxyl groups is 1. The van der Waals surface area contributed by atoms with Crippen LogP contribution in [0.4, 0.5) is 14.9 Å². The molecule has 31 heavy (non-hydrogen) atoms. The number of ether oxygens (including phenoxy) is 1. The summed E-state index contributed by atoms with van der Waals surface area (Å²) in [5, 5.41) is 12.2. The molecule has 0 radical (unpaired) electrons. The Morgan fingerprint density at radius 2 is 1.97 bits per heavy atom. The monoisotopic (exact) mass is 433 g/mol. The molecule has 8 heteroatoms. The van der Waals surface area contributed by atoms with Gasteiger partial charge in [-0.05, 0) is 69.4 Å². The highest BCUT2D eigenvalue weighted by Gasteiger charge is 2.25. The third-order valence-corrected chi connectivity index (χ3v) is 5.48. The zero-order chi connectivity index (χ0) is 22.6. The fourth-order valence-corrected chi connectivity index (χ4v) is 3.89. The number of rotatable bonds is 5. The molecule has 0 unspecified atom stereocenters. The highest BCUT2D eigenvalue weighted by Crippen LogP contribution is 2.30. The number of alkyl carbamates (subject to hydrolysis) is 1. The van der Waals surface area contributed by atoms with Gasteiger partial charge >= 0.3 is 6.09 Å². The molecule has 3 rings (SSSR count). The largest absolute Gasteiger partial charge is 0.444 e. The first-order valence-electron chi connectivity index (χ1n) is 10.8. The van der Waals surface area contributed by atoms with E-state index in [9.17, 15) is 19.1 Å². The van der Waals surface area contributed by atoms with Crippen LogP contribution in [-0.2, 0) is 11.2 Å². The highest BCUT2D eigenvalue weighted by atomic mass is 19.1. The van der Waals surface area contributed by atoms with Crippen LogP contribution in [-0.4, -0.2) is 66.4 Å². The van der Waals surface area contributed by atoms with E-state index in [0.29, 0.717) is 56.5 Å². The Balaban J connectivity index is 1.59. The van der Waals surface area contributed by atoms with Crippen molar-refractivity contribution in [2.24, 2.45) is 0 Å². The van der Waals surface area contributed by atoms with Crippen molar-refractivity contribution in [3.05, 3.63) is 41.2 Å². The molecule has 0 saturated carbocycles. The summed E-state index contributed by atoms with van der Waals surface area (Å²) < 4.78 is 18.6. The van der Waals surface area contributed by atoms with Gasteiger partial charge in [0.2, 0.25) is 0 Å². The number of aliphatic hydroxyl groups excluding tert-OH is 1. The van der Waals surface area contributed by atoms with Crippen LogP contribution in [0.1, 0.15) is 49.5 Å². The molecule has 1 aromatic carbocycles. The number of carbonyl (C=O) groups is 2. The molecule has 2 amide bonds. The number of benzene rings is 1.